The van der Waals surface area contributed by atoms with Gasteiger partial charge in [-0.15, -0.1) is 23.1 Å². The molecule has 0 spiro atoms. The molecule has 6 rings (SSSR count). The molecule has 5 aromatic rings. The van der Waals surface area contributed by atoms with Crippen LogP contribution in [0.15, 0.2) is 97.0 Å². The number of thioether (sulfide) groups is 1. The summed E-state index contributed by atoms with van der Waals surface area (Å²) in [6.07, 6.45) is 7.26. The van der Waals surface area contributed by atoms with Crippen LogP contribution in [0.3, 0.4) is 0 Å². The van der Waals surface area contributed by atoms with Gasteiger partial charge in [0.15, 0.2) is 0 Å². The highest BCUT2D eigenvalue weighted by molar-refractivity contribution is 8.01. The minimum Gasteiger partial charge on any atom is -0.404 e. The number of nitrogens with zero attached hydrogens (tertiary/aromatic N) is 3. The lowest BCUT2D eigenvalue weighted by Crippen LogP contribution is -2.15. The third-order valence-electron chi connectivity index (χ3n) is 7.64. The molecule has 0 atom stereocenters. The molecule has 1 aliphatic rings. The van der Waals surface area contributed by atoms with Gasteiger partial charge >= 0.3 is 0 Å². The second-order valence-corrected chi connectivity index (χ2v) is 12.2. The van der Waals surface area contributed by atoms with Crippen molar-refractivity contribution in [2.24, 2.45) is 5.73 Å². The van der Waals surface area contributed by atoms with Gasteiger partial charge in [0.25, 0.3) is 0 Å². The van der Waals surface area contributed by atoms with Crippen molar-refractivity contribution in [1.29, 1.82) is 0 Å². The monoisotopic (exact) mass is 570 g/mol. The molecule has 0 bridgehead atoms. The van der Waals surface area contributed by atoms with E-state index in [9.17, 15) is 0 Å². The Bertz CT molecular complexity index is 1820. The lowest BCUT2D eigenvalue weighted by Gasteiger charge is -2.24. The summed E-state index contributed by atoms with van der Waals surface area (Å²) in [4.78, 5) is 14.4. The highest BCUT2D eigenvalue weighted by atomic mass is 32.2. The molecule has 6 heteroatoms. The fraction of sp³-hybridized carbons (Fsp3) is 0.114. The van der Waals surface area contributed by atoms with Gasteiger partial charge < -0.3 is 5.73 Å². The van der Waals surface area contributed by atoms with Crippen LogP contribution in [0.5, 0.6) is 0 Å². The highest BCUT2D eigenvalue weighted by Gasteiger charge is 2.38. The number of nitrogens with two attached hydrogens (primary N) is 1. The molecule has 0 radical (unpaired) electrons. The fourth-order valence-corrected chi connectivity index (χ4v) is 6.84. The minimum atomic E-state index is -0.237. The summed E-state index contributed by atoms with van der Waals surface area (Å²) < 4.78 is 0. The maximum absolute atomic E-state index is 5.52. The third kappa shape index (κ3) is 4.73. The Hall–Kier alpha value is -4.26. The Balaban J connectivity index is 1.48. The van der Waals surface area contributed by atoms with Crippen molar-refractivity contribution in [2.45, 2.75) is 25.0 Å². The Morgan fingerprint density at radius 1 is 0.878 bits per heavy atom. The van der Waals surface area contributed by atoms with Crippen LogP contribution in [-0.4, -0.2) is 15.0 Å². The second-order valence-electron chi connectivity index (χ2n) is 10.4. The van der Waals surface area contributed by atoms with Crippen molar-refractivity contribution in [3.63, 3.8) is 0 Å². The van der Waals surface area contributed by atoms with Crippen LogP contribution in [0.1, 0.15) is 41.8 Å². The summed E-state index contributed by atoms with van der Waals surface area (Å²) in [5, 5.41) is 4.78. The molecule has 0 saturated carbocycles. The maximum Gasteiger partial charge on any atom is 0.141 e. The third-order valence-corrected chi connectivity index (χ3v) is 9.24. The second kappa shape index (κ2) is 11.0. The summed E-state index contributed by atoms with van der Waals surface area (Å²) in [5.41, 5.74) is 18.3. The van der Waals surface area contributed by atoms with E-state index in [1.807, 2.05) is 35.2 Å². The van der Waals surface area contributed by atoms with Gasteiger partial charge in [-0.25, -0.2) is 9.97 Å². The van der Waals surface area contributed by atoms with Crippen molar-refractivity contribution >= 4 is 35.3 Å². The van der Waals surface area contributed by atoms with Crippen LogP contribution in [0, 0.1) is 0 Å². The van der Waals surface area contributed by atoms with Crippen LogP contribution in [0.25, 0.3) is 56.5 Å². The summed E-state index contributed by atoms with van der Waals surface area (Å²) in [6, 6.07) is 21.3. The van der Waals surface area contributed by atoms with E-state index in [2.05, 4.69) is 86.6 Å². The van der Waals surface area contributed by atoms with Crippen molar-refractivity contribution in [3.05, 3.63) is 125 Å². The van der Waals surface area contributed by atoms with E-state index in [1.54, 1.807) is 29.3 Å². The first-order chi connectivity index (χ1) is 20.0. The lowest BCUT2D eigenvalue weighted by molar-refractivity contribution is 0.660. The fourth-order valence-electron chi connectivity index (χ4n) is 5.69. The standard InChI is InChI=1S/C35H30N4S2/c1-5-24-25(6-2)33-26-14-13-22(30-10-8-12-32(39-30)34-37-16-18-41-34)19-28(26)35(3,4)29(33)20-27(24)31-11-7-9-23(38-31)21-40-17-15-36/h5-20H,1-2,21,36H2,3-4H3/b17-15-. The van der Waals surface area contributed by atoms with Crippen LogP contribution in [-0.2, 0) is 11.2 Å². The number of benzene rings is 2. The number of thiazole rings is 1. The Morgan fingerprint density at radius 2 is 1.66 bits per heavy atom. The summed E-state index contributed by atoms with van der Waals surface area (Å²) in [6.45, 7) is 13.0. The molecule has 3 aromatic heterocycles. The molecule has 0 fully saturated rings. The van der Waals surface area contributed by atoms with Crippen molar-refractivity contribution in [2.75, 3.05) is 0 Å². The van der Waals surface area contributed by atoms with Gasteiger partial charge in [0.05, 0.1) is 22.8 Å². The van der Waals surface area contributed by atoms with Gasteiger partial charge in [0.1, 0.15) is 5.01 Å². The molecule has 0 unspecified atom stereocenters. The van der Waals surface area contributed by atoms with Crippen LogP contribution in [0.2, 0.25) is 0 Å². The van der Waals surface area contributed by atoms with Gasteiger partial charge in [-0.1, -0.05) is 63.4 Å². The van der Waals surface area contributed by atoms with Crippen molar-refractivity contribution in [3.8, 4) is 44.3 Å². The van der Waals surface area contributed by atoms with E-state index in [0.29, 0.717) is 0 Å². The average Bonchev–Trinajstić information content (AvgIpc) is 3.62. The van der Waals surface area contributed by atoms with Crippen LogP contribution >= 0.6 is 23.1 Å². The van der Waals surface area contributed by atoms with Crippen LogP contribution in [0.4, 0.5) is 0 Å². The highest BCUT2D eigenvalue weighted by Crippen LogP contribution is 2.53. The van der Waals surface area contributed by atoms with E-state index in [1.165, 1.54) is 22.3 Å². The zero-order valence-corrected chi connectivity index (χ0v) is 24.7. The van der Waals surface area contributed by atoms with Crippen LogP contribution < -0.4 is 5.73 Å². The molecule has 0 amide bonds. The van der Waals surface area contributed by atoms with E-state index in [-0.39, 0.29) is 5.41 Å². The molecular weight excluding hydrogens is 541 g/mol. The first-order valence-corrected chi connectivity index (χ1v) is 15.3. The van der Waals surface area contributed by atoms with Gasteiger partial charge in [-0.2, -0.15) is 0 Å². The summed E-state index contributed by atoms with van der Waals surface area (Å²) in [5.74, 6) is 0.752. The predicted molar refractivity (Wildman–Crippen MR) is 176 cm³/mol. The molecular formula is C35H30N4S2. The molecule has 4 nitrogen and oxygen atoms in total. The van der Waals surface area contributed by atoms with E-state index in [4.69, 9.17) is 15.7 Å². The SMILES string of the molecule is C=Cc1c(-c2cccc(CS/C=C\N)n2)cc2c(c1C=C)-c1ccc(-c3cccc(-c4nccs4)n3)cc1C2(C)C. The largest absolute Gasteiger partial charge is 0.404 e. The molecule has 41 heavy (non-hydrogen) atoms. The Morgan fingerprint density at radius 3 is 2.41 bits per heavy atom. The van der Waals surface area contributed by atoms with E-state index < -0.39 is 0 Å². The number of hydrogen-bond donors (Lipinski definition) is 1. The molecule has 3 heterocycles. The minimum absolute atomic E-state index is 0.237. The van der Waals surface area contributed by atoms with Gasteiger partial charge in [0, 0.05) is 40.1 Å². The predicted octanol–water partition coefficient (Wildman–Crippen LogP) is 9.19. The Labute approximate surface area is 249 Å². The Kier molecular flexibility index (Phi) is 7.20. The number of pyridine rings is 2. The van der Waals surface area contributed by atoms with Gasteiger partial charge in [0.2, 0.25) is 0 Å². The van der Waals surface area contributed by atoms with Gasteiger partial charge in [-0.05, 0) is 75.2 Å². The smallest absolute Gasteiger partial charge is 0.141 e. The average molecular weight is 571 g/mol. The zero-order chi connectivity index (χ0) is 28.6. The first-order valence-electron chi connectivity index (χ1n) is 13.4. The molecule has 0 saturated heterocycles. The molecule has 0 aliphatic heterocycles. The molecule has 202 valence electrons. The normalized spacial score (nSPS) is 13.2. The summed E-state index contributed by atoms with van der Waals surface area (Å²) in [7, 11) is 0. The number of rotatable bonds is 8. The van der Waals surface area contributed by atoms with E-state index >= 15 is 0 Å². The summed E-state index contributed by atoms with van der Waals surface area (Å²) >= 11 is 3.22. The number of aromatic nitrogens is 3. The molecule has 2 aromatic carbocycles. The van der Waals surface area contributed by atoms with Crippen molar-refractivity contribution < 1.29 is 0 Å². The lowest BCUT2D eigenvalue weighted by atomic mass is 9.79. The van der Waals surface area contributed by atoms with Gasteiger partial charge in [-0.3, -0.25) is 4.98 Å². The quantitative estimate of drug-likeness (QED) is 0.201. The first kappa shape index (κ1) is 26.9. The number of fused-ring (bicyclic) bond motifs is 3. The zero-order valence-electron chi connectivity index (χ0n) is 23.1. The molecule has 2 N–H and O–H groups in total. The number of hydrogen-bond acceptors (Lipinski definition) is 6. The maximum atomic E-state index is 5.52. The van der Waals surface area contributed by atoms with E-state index in [0.717, 1.165) is 55.8 Å². The molecule has 1 aliphatic carbocycles. The topological polar surface area (TPSA) is 64.7 Å². The van der Waals surface area contributed by atoms with Crippen molar-refractivity contribution in [1.82, 2.24) is 15.0 Å².